The summed E-state index contributed by atoms with van der Waals surface area (Å²) in [5.74, 6) is 0.364. The summed E-state index contributed by atoms with van der Waals surface area (Å²) in [7, 11) is 1.79. The molecule has 2 aromatic rings. The van der Waals surface area contributed by atoms with Gasteiger partial charge in [0.05, 0.1) is 6.61 Å². The molecule has 0 radical (unpaired) electrons. The third-order valence-corrected chi connectivity index (χ3v) is 3.67. The van der Waals surface area contributed by atoms with Gasteiger partial charge in [-0.3, -0.25) is 4.79 Å². The normalized spacial score (nSPS) is 12.8. The fourth-order valence-electron chi connectivity index (χ4n) is 2.32. The van der Waals surface area contributed by atoms with Gasteiger partial charge in [0.1, 0.15) is 6.04 Å². The molecule has 0 unspecified atom stereocenters. The Kier molecular flexibility index (Phi) is 5.39. The number of likely N-dealkylation sites (N-methyl/N-ethyl adjacent to an activating group) is 1. The summed E-state index contributed by atoms with van der Waals surface area (Å²) in [6.07, 6.45) is 3.49. The SMILES string of the molecule is CN[C@@H](Cc1c[nH]c2ccccc12)C(=O)OCCC(C)C. The highest BCUT2D eigenvalue weighted by Gasteiger charge is 2.20. The first-order valence-electron chi connectivity index (χ1n) is 7.50. The number of para-hydroxylation sites is 1. The Morgan fingerprint density at radius 2 is 2.10 bits per heavy atom. The average molecular weight is 288 g/mol. The van der Waals surface area contributed by atoms with Gasteiger partial charge in [0.2, 0.25) is 0 Å². The zero-order valence-electron chi connectivity index (χ0n) is 13.0. The molecular weight excluding hydrogens is 264 g/mol. The van der Waals surface area contributed by atoms with Crippen LogP contribution in [0.3, 0.4) is 0 Å². The first-order valence-corrected chi connectivity index (χ1v) is 7.50. The van der Waals surface area contributed by atoms with E-state index in [2.05, 4.69) is 30.2 Å². The molecule has 1 aromatic carbocycles. The largest absolute Gasteiger partial charge is 0.465 e. The molecule has 1 aromatic heterocycles. The molecule has 1 atom stereocenters. The number of esters is 1. The van der Waals surface area contributed by atoms with E-state index in [1.165, 1.54) is 0 Å². The second kappa shape index (κ2) is 7.27. The van der Waals surface area contributed by atoms with Crippen molar-refractivity contribution < 1.29 is 9.53 Å². The molecule has 0 saturated heterocycles. The van der Waals surface area contributed by atoms with Crippen LogP contribution < -0.4 is 5.32 Å². The number of ether oxygens (including phenoxy) is 1. The summed E-state index contributed by atoms with van der Waals surface area (Å²) in [5.41, 5.74) is 2.22. The smallest absolute Gasteiger partial charge is 0.323 e. The Labute approximate surface area is 125 Å². The molecule has 0 spiro atoms. The van der Waals surface area contributed by atoms with Gasteiger partial charge in [-0.05, 0) is 31.0 Å². The maximum atomic E-state index is 12.1. The molecule has 0 aliphatic heterocycles. The number of benzene rings is 1. The first-order chi connectivity index (χ1) is 10.1. The lowest BCUT2D eigenvalue weighted by atomic mass is 10.1. The van der Waals surface area contributed by atoms with Crippen LogP contribution in [0.4, 0.5) is 0 Å². The maximum Gasteiger partial charge on any atom is 0.323 e. The van der Waals surface area contributed by atoms with Crippen molar-refractivity contribution in [3.63, 3.8) is 0 Å². The number of carbonyl (C=O) groups excluding carboxylic acids is 1. The van der Waals surface area contributed by atoms with Gasteiger partial charge < -0.3 is 15.0 Å². The van der Waals surface area contributed by atoms with E-state index >= 15 is 0 Å². The number of H-pyrrole nitrogens is 1. The molecule has 2 N–H and O–H groups in total. The summed E-state index contributed by atoms with van der Waals surface area (Å²) in [6.45, 7) is 4.73. The Balaban J connectivity index is 2.00. The van der Waals surface area contributed by atoms with E-state index in [9.17, 15) is 4.79 Å². The topological polar surface area (TPSA) is 54.1 Å². The van der Waals surface area contributed by atoms with Crippen LogP contribution in [0.25, 0.3) is 10.9 Å². The highest BCUT2D eigenvalue weighted by Crippen LogP contribution is 2.19. The zero-order chi connectivity index (χ0) is 15.2. The van der Waals surface area contributed by atoms with E-state index < -0.39 is 0 Å². The van der Waals surface area contributed by atoms with Crippen molar-refractivity contribution >= 4 is 16.9 Å². The van der Waals surface area contributed by atoms with Crippen LogP contribution in [-0.2, 0) is 16.0 Å². The van der Waals surface area contributed by atoms with Gasteiger partial charge in [-0.2, -0.15) is 0 Å². The molecule has 0 aliphatic rings. The fourth-order valence-corrected chi connectivity index (χ4v) is 2.32. The van der Waals surface area contributed by atoms with Crippen LogP contribution in [-0.4, -0.2) is 30.6 Å². The molecule has 4 nitrogen and oxygen atoms in total. The number of carbonyl (C=O) groups is 1. The van der Waals surface area contributed by atoms with Crippen molar-refractivity contribution in [2.75, 3.05) is 13.7 Å². The highest BCUT2D eigenvalue weighted by atomic mass is 16.5. The predicted octanol–water partition coefficient (Wildman–Crippen LogP) is 2.89. The molecule has 2 rings (SSSR count). The van der Waals surface area contributed by atoms with Gasteiger partial charge in [0, 0.05) is 23.5 Å². The molecule has 1 heterocycles. The second-order valence-electron chi connectivity index (χ2n) is 5.75. The standard InChI is InChI=1S/C17H24N2O2/c1-12(2)8-9-21-17(20)16(18-3)10-13-11-19-15-7-5-4-6-14(13)15/h4-7,11-12,16,18-19H,8-10H2,1-3H3/t16-/m0/s1. The van der Waals surface area contributed by atoms with Crippen molar-refractivity contribution in [3.05, 3.63) is 36.0 Å². The minimum atomic E-state index is -0.309. The first kappa shape index (κ1) is 15.6. The molecule has 4 heteroatoms. The van der Waals surface area contributed by atoms with E-state index in [4.69, 9.17) is 4.74 Å². The quantitative estimate of drug-likeness (QED) is 0.770. The summed E-state index contributed by atoms with van der Waals surface area (Å²) >= 11 is 0. The molecule has 21 heavy (non-hydrogen) atoms. The highest BCUT2D eigenvalue weighted by molar-refractivity contribution is 5.84. The van der Waals surface area contributed by atoms with Gasteiger partial charge in [-0.1, -0.05) is 32.0 Å². The van der Waals surface area contributed by atoms with Gasteiger partial charge >= 0.3 is 5.97 Å². The third-order valence-electron chi connectivity index (χ3n) is 3.67. The van der Waals surface area contributed by atoms with Gasteiger partial charge in [-0.25, -0.2) is 0 Å². The van der Waals surface area contributed by atoms with Crippen LogP contribution in [0.2, 0.25) is 0 Å². The monoisotopic (exact) mass is 288 g/mol. The van der Waals surface area contributed by atoms with Crippen LogP contribution in [0.5, 0.6) is 0 Å². The number of aromatic amines is 1. The van der Waals surface area contributed by atoms with E-state index in [0.29, 0.717) is 18.9 Å². The van der Waals surface area contributed by atoms with Crippen LogP contribution in [0.1, 0.15) is 25.8 Å². The third kappa shape index (κ3) is 4.08. The number of aromatic nitrogens is 1. The Morgan fingerprint density at radius 3 is 2.81 bits per heavy atom. The second-order valence-corrected chi connectivity index (χ2v) is 5.75. The molecule has 0 saturated carbocycles. The van der Waals surface area contributed by atoms with E-state index in [0.717, 1.165) is 22.9 Å². The number of hydrogen-bond donors (Lipinski definition) is 2. The molecular formula is C17H24N2O2. The van der Waals surface area contributed by atoms with Gasteiger partial charge in [-0.15, -0.1) is 0 Å². The summed E-state index contributed by atoms with van der Waals surface area (Å²) in [5, 5.41) is 4.21. The van der Waals surface area contributed by atoms with Crippen molar-refractivity contribution in [2.45, 2.75) is 32.7 Å². The van der Waals surface area contributed by atoms with Crippen molar-refractivity contribution in [2.24, 2.45) is 5.92 Å². The maximum absolute atomic E-state index is 12.1. The van der Waals surface area contributed by atoms with Crippen molar-refractivity contribution in [1.82, 2.24) is 10.3 Å². The average Bonchev–Trinajstić information content (AvgIpc) is 2.87. The van der Waals surface area contributed by atoms with Crippen LogP contribution in [0.15, 0.2) is 30.5 Å². The van der Waals surface area contributed by atoms with Crippen molar-refractivity contribution in [1.29, 1.82) is 0 Å². The summed E-state index contributed by atoms with van der Waals surface area (Å²) < 4.78 is 5.36. The van der Waals surface area contributed by atoms with Crippen LogP contribution in [0, 0.1) is 5.92 Å². The lowest BCUT2D eigenvalue weighted by molar-refractivity contribution is -0.146. The Morgan fingerprint density at radius 1 is 1.33 bits per heavy atom. The molecule has 114 valence electrons. The molecule has 0 amide bonds. The minimum Gasteiger partial charge on any atom is -0.465 e. The molecule has 0 fully saturated rings. The Hall–Kier alpha value is -1.81. The van der Waals surface area contributed by atoms with Gasteiger partial charge in [0.15, 0.2) is 0 Å². The Bertz CT molecular complexity index is 589. The summed E-state index contributed by atoms with van der Waals surface area (Å²) in [4.78, 5) is 15.4. The fraction of sp³-hybridized carbons (Fsp3) is 0.471. The molecule has 0 aliphatic carbocycles. The van der Waals surface area contributed by atoms with Gasteiger partial charge in [0.25, 0.3) is 0 Å². The van der Waals surface area contributed by atoms with E-state index in [1.54, 1.807) is 7.05 Å². The lowest BCUT2D eigenvalue weighted by Crippen LogP contribution is -2.37. The number of fused-ring (bicyclic) bond motifs is 1. The summed E-state index contributed by atoms with van der Waals surface area (Å²) in [6, 6.07) is 7.80. The number of nitrogens with one attached hydrogen (secondary N) is 2. The van der Waals surface area contributed by atoms with Crippen molar-refractivity contribution in [3.8, 4) is 0 Å². The zero-order valence-corrected chi connectivity index (χ0v) is 13.0. The number of rotatable bonds is 7. The minimum absolute atomic E-state index is 0.177. The lowest BCUT2D eigenvalue weighted by Gasteiger charge is -2.15. The number of hydrogen-bond acceptors (Lipinski definition) is 3. The van der Waals surface area contributed by atoms with E-state index in [-0.39, 0.29) is 12.0 Å². The van der Waals surface area contributed by atoms with Crippen LogP contribution >= 0.6 is 0 Å². The predicted molar refractivity (Wildman–Crippen MR) is 85.3 cm³/mol. The molecule has 0 bridgehead atoms. The van der Waals surface area contributed by atoms with E-state index in [1.807, 2.05) is 24.4 Å².